The molecule has 0 radical (unpaired) electrons. The van der Waals surface area contributed by atoms with Crippen LogP contribution < -0.4 is 0 Å². The third-order valence-electron chi connectivity index (χ3n) is 4.51. The summed E-state index contributed by atoms with van der Waals surface area (Å²) in [4.78, 5) is 48.6. The maximum atomic E-state index is 12.7. The van der Waals surface area contributed by atoms with E-state index in [4.69, 9.17) is 10.00 Å². The van der Waals surface area contributed by atoms with Crippen molar-refractivity contribution in [2.75, 3.05) is 25.1 Å². The molecule has 1 aromatic carbocycles. The Morgan fingerprint density at radius 1 is 1.35 bits per heavy atom. The van der Waals surface area contributed by atoms with Gasteiger partial charge in [-0.15, -0.1) is 11.8 Å². The smallest absolute Gasteiger partial charge is 0.410 e. The highest BCUT2D eigenvalue weighted by atomic mass is 32.2. The Balaban J connectivity index is 1.95. The summed E-state index contributed by atoms with van der Waals surface area (Å²) < 4.78 is 5.37. The van der Waals surface area contributed by atoms with Crippen molar-refractivity contribution < 1.29 is 24.0 Å². The van der Waals surface area contributed by atoms with E-state index in [1.54, 1.807) is 11.1 Å². The maximum absolute atomic E-state index is 12.7. The van der Waals surface area contributed by atoms with Gasteiger partial charge in [-0.1, -0.05) is 11.8 Å². The van der Waals surface area contributed by atoms with Gasteiger partial charge in [0, 0.05) is 49.7 Å². The summed E-state index contributed by atoms with van der Waals surface area (Å²) in [6, 6.07) is 5.51. The summed E-state index contributed by atoms with van der Waals surface area (Å²) in [5, 5.41) is 19.4. The zero-order valence-corrected chi connectivity index (χ0v) is 18.7. The predicted molar refractivity (Wildman–Crippen MR) is 116 cm³/mol. The number of hydrogen-bond donors (Lipinski definition) is 0. The molecule has 1 heterocycles. The lowest BCUT2D eigenvalue weighted by molar-refractivity contribution is -0.384. The van der Waals surface area contributed by atoms with E-state index in [0.29, 0.717) is 24.3 Å². The zero-order chi connectivity index (χ0) is 23.0. The topological polar surface area (TPSA) is 134 Å². The molecule has 0 bridgehead atoms. The van der Waals surface area contributed by atoms with Gasteiger partial charge >= 0.3 is 6.09 Å². The van der Waals surface area contributed by atoms with E-state index in [2.05, 4.69) is 0 Å². The van der Waals surface area contributed by atoms with Crippen molar-refractivity contribution in [1.29, 1.82) is 5.26 Å². The fourth-order valence-corrected chi connectivity index (χ4v) is 5.05. The lowest BCUT2D eigenvalue weighted by Gasteiger charge is -2.23. The second-order valence-corrected chi connectivity index (χ2v) is 9.33. The average Bonchev–Trinajstić information content (AvgIpc) is 3.13. The molecule has 2 amide bonds. The number of carbonyl (C=O) groups is 3. The normalized spacial score (nSPS) is 17.6. The van der Waals surface area contributed by atoms with Gasteiger partial charge in [0.15, 0.2) is 11.3 Å². The van der Waals surface area contributed by atoms with Crippen LogP contribution in [0.25, 0.3) is 0 Å². The van der Waals surface area contributed by atoms with Gasteiger partial charge in [0.05, 0.1) is 10.7 Å². The van der Waals surface area contributed by atoms with Crippen LogP contribution in [0.3, 0.4) is 0 Å². The molecule has 2 atom stereocenters. The summed E-state index contributed by atoms with van der Waals surface area (Å²) in [5.41, 5.74) is 0.566. The van der Waals surface area contributed by atoms with Crippen LogP contribution in [0.5, 0.6) is 0 Å². The van der Waals surface area contributed by atoms with E-state index < -0.39 is 11.0 Å². The third kappa shape index (κ3) is 7.45. The number of nitro benzene ring substituents is 1. The summed E-state index contributed by atoms with van der Waals surface area (Å²) >= 11 is 2.49. The number of rotatable bonds is 8. The highest BCUT2D eigenvalue weighted by molar-refractivity contribution is 8.14. The molecule has 0 unspecified atom stereocenters. The number of likely N-dealkylation sites (tertiary alicyclic amines) is 1. The van der Waals surface area contributed by atoms with Crippen LogP contribution in [-0.4, -0.2) is 68.2 Å². The highest BCUT2D eigenvalue weighted by Crippen LogP contribution is 2.30. The molecule has 12 heteroatoms. The molecular formula is C19H22N4O6S2. The minimum Gasteiger partial charge on any atom is -0.445 e. The average molecular weight is 467 g/mol. The molecule has 2 rings (SSSR count). The molecule has 166 valence electrons. The molecule has 0 aliphatic carbocycles. The largest absolute Gasteiger partial charge is 0.445 e. The Hall–Kier alpha value is -2.78. The fraction of sp³-hybridized carbons (Fsp3) is 0.474. The van der Waals surface area contributed by atoms with Crippen LogP contribution >= 0.6 is 23.5 Å². The lowest BCUT2D eigenvalue weighted by Crippen LogP contribution is -2.38. The van der Waals surface area contributed by atoms with Gasteiger partial charge in [0.25, 0.3) is 5.69 Å². The third-order valence-corrected chi connectivity index (χ3v) is 6.59. The first-order valence-corrected chi connectivity index (χ1v) is 11.3. The van der Waals surface area contributed by atoms with E-state index in [0.717, 1.165) is 4.90 Å². The number of nitrogens with zero attached hydrogens (tertiary/aromatic N) is 4. The first-order valence-electron chi connectivity index (χ1n) is 9.29. The van der Waals surface area contributed by atoms with Gasteiger partial charge in [-0.2, -0.15) is 5.26 Å². The Bertz CT molecular complexity index is 873. The number of nitro groups is 1. The minimum absolute atomic E-state index is 0.0385. The van der Waals surface area contributed by atoms with Gasteiger partial charge in [0.1, 0.15) is 6.61 Å². The summed E-state index contributed by atoms with van der Waals surface area (Å²) in [6.07, 6.45) is 1.79. The number of thioether (sulfide) groups is 2. The van der Waals surface area contributed by atoms with Crippen molar-refractivity contribution in [3.63, 3.8) is 0 Å². The molecule has 1 aliphatic rings. The van der Waals surface area contributed by atoms with Crippen LogP contribution in [0.2, 0.25) is 0 Å². The number of hydrogen-bond acceptors (Lipinski definition) is 9. The Morgan fingerprint density at radius 3 is 2.61 bits per heavy atom. The molecule has 0 aromatic heterocycles. The molecule has 31 heavy (non-hydrogen) atoms. The Kier molecular flexibility index (Phi) is 9.14. The molecule has 1 aliphatic heterocycles. The van der Waals surface area contributed by atoms with Crippen molar-refractivity contribution >= 4 is 46.3 Å². The van der Waals surface area contributed by atoms with Gasteiger partial charge in [-0.05, 0) is 24.1 Å². The van der Waals surface area contributed by atoms with E-state index in [1.165, 1.54) is 61.8 Å². The van der Waals surface area contributed by atoms with Crippen LogP contribution in [0, 0.1) is 21.6 Å². The van der Waals surface area contributed by atoms with Crippen LogP contribution in [-0.2, 0) is 20.9 Å². The van der Waals surface area contributed by atoms with Crippen molar-refractivity contribution in [2.45, 2.75) is 31.2 Å². The molecule has 0 saturated carbocycles. The van der Waals surface area contributed by atoms with Gasteiger partial charge in [-0.3, -0.25) is 24.6 Å². The summed E-state index contributed by atoms with van der Waals surface area (Å²) in [5.74, 6) is 0.246. The number of ether oxygens (including phenoxy) is 1. The van der Waals surface area contributed by atoms with Crippen molar-refractivity contribution in [3.05, 3.63) is 39.9 Å². The number of carbonyl (C=O) groups excluding carboxylic acids is 3. The quantitative estimate of drug-likeness (QED) is 0.245. The van der Waals surface area contributed by atoms with Gasteiger partial charge < -0.3 is 9.64 Å². The van der Waals surface area contributed by atoms with Crippen molar-refractivity contribution in [1.82, 2.24) is 9.80 Å². The first kappa shape index (κ1) is 24.5. The van der Waals surface area contributed by atoms with E-state index >= 15 is 0 Å². The number of amides is 2. The molecule has 0 spiro atoms. The number of non-ortho nitro benzene ring substituents is 1. The molecular weight excluding hydrogens is 444 g/mol. The van der Waals surface area contributed by atoms with Crippen LogP contribution in [0.15, 0.2) is 24.3 Å². The zero-order valence-electron chi connectivity index (χ0n) is 17.1. The monoisotopic (exact) mass is 466 g/mol. The molecule has 0 N–H and O–H groups in total. The maximum Gasteiger partial charge on any atom is 0.410 e. The fourth-order valence-electron chi connectivity index (χ4n) is 2.95. The second kappa shape index (κ2) is 11.6. The predicted octanol–water partition coefficient (Wildman–Crippen LogP) is 2.63. The molecule has 10 nitrogen and oxygen atoms in total. The highest BCUT2D eigenvalue weighted by Gasteiger charge is 2.37. The molecule has 1 aromatic rings. The van der Waals surface area contributed by atoms with Gasteiger partial charge in [0.2, 0.25) is 5.91 Å². The van der Waals surface area contributed by atoms with Crippen LogP contribution in [0.1, 0.15) is 18.9 Å². The lowest BCUT2D eigenvalue weighted by atomic mass is 10.2. The van der Waals surface area contributed by atoms with E-state index in [9.17, 15) is 24.5 Å². The van der Waals surface area contributed by atoms with Gasteiger partial charge in [-0.25, -0.2) is 4.79 Å². The Morgan fingerprint density at radius 2 is 2.03 bits per heavy atom. The molecule has 1 fully saturated rings. The Labute approximate surface area is 188 Å². The number of benzene rings is 1. The first-order chi connectivity index (χ1) is 14.7. The molecule has 1 saturated heterocycles. The van der Waals surface area contributed by atoms with E-state index in [1.807, 2.05) is 0 Å². The van der Waals surface area contributed by atoms with E-state index in [-0.39, 0.29) is 40.4 Å². The standard InChI is InChI=1S/C19H22N4O6S2/c1-13(24)31-17-7-16(10-30-11-18(25)21(2)12-20)22(8-17)19(26)29-9-14-3-5-15(6-4-14)23(27)28/h3-6,16-17H,7-11H2,1-2H3/t16-,17-/m0/s1. The second-order valence-electron chi connectivity index (χ2n) is 6.82. The van der Waals surface area contributed by atoms with Crippen LogP contribution in [0.4, 0.5) is 10.5 Å². The van der Waals surface area contributed by atoms with Crippen molar-refractivity contribution in [3.8, 4) is 6.19 Å². The summed E-state index contributed by atoms with van der Waals surface area (Å²) in [6.45, 7) is 1.78. The SMILES string of the molecule is CC(=O)S[C@H]1C[C@@H](CSCC(=O)N(C)C#N)N(C(=O)OCc2ccc([N+](=O)[O-])cc2)C1. The number of nitriles is 1. The van der Waals surface area contributed by atoms with Crippen molar-refractivity contribution in [2.24, 2.45) is 0 Å². The minimum atomic E-state index is -0.545. The summed E-state index contributed by atoms with van der Waals surface area (Å²) in [7, 11) is 1.39.